The predicted octanol–water partition coefficient (Wildman–Crippen LogP) is 3.54. The molecule has 2 rings (SSSR count). The highest BCUT2D eigenvalue weighted by Crippen LogP contribution is 2.27. The van der Waals surface area contributed by atoms with Crippen LogP contribution in [0, 0.1) is 0 Å². The smallest absolute Gasteiger partial charge is 0.0731 e. The summed E-state index contributed by atoms with van der Waals surface area (Å²) >= 11 is 0. The maximum Gasteiger partial charge on any atom is 0.0731 e. The zero-order valence-electron chi connectivity index (χ0n) is 12.2. The van der Waals surface area contributed by atoms with Crippen LogP contribution < -0.4 is 0 Å². The lowest BCUT2D eigenvalue weighted by Gasteiger charge is -2.25. The monoisotopic (exact) mass is 260 g/mol. The molecule has 2 aromatic rings. The molecule has 3 nitrogen and oxygen atoms in total. The average molecular weight is 260 g/mol. The van der Waals surface area contributed by atoms with Crippen molar-refractivity contribution in [3.63, 3.8) is 0 Å². The van der Waals surface area contributed by atoms with E-state index in [4.69, 9.17) is 0 Å². The van der Waals surface area contributed by atoms with Crippen molar-refractivity contribution >= 4 is 10.9 Å². The highest BCUT2D eigenvalue weighted by Gasteiger charge is 2.26. The van der Waals surface area contributed by atoms with E-state index < -0.39 is 5.60 Å². The summed E-state index contributed by atoms with van der Waals surface area (Å²) in [6, 6.07) is 8.28. The molecule has 1 heterocycles. The van der Waals surface area contributed by atoms with Crippen LogP contribution in [0.5, 0.6) is 0 Å². The molecule has 1 N–H and O–H groups in total. The number of nitrogens with zero attached hydrogens (tertiary/aromatic N) is 2. The number of aromatic nitrogens is 2. The molecule has 0 radical (unpaired) electrons. The minimum Gasteiger partial charge on any atom is -0.389 e. The van der Waals surface area contributed by atoms with Gasteiger partial charge in [-0.15, -0.1) is 0 Å². The molecule has 0 spiro atoms. The largest absolute Gasteiger partial charge is 0.389 e. The number of hydrogen-bond donors (Lipinski definition) is 1. The van der Waals surface area contributed by atoms with Crippen LogP contribution >= 0.6 is 0 Å². The van der Waals surface area contributed by atoms with Crippen molar-refractivity contribution in [1.29, 1.82) is 0 Å². The molecule has 3 heteroatoms. The van der Waals surface area contributed by atoms with Gasteiger partial charge < -0.3 is 5.11 Å². The number of para-hydroxylation sites is 1. The van der Waals surface area contributed by atoms with Crippen molar-refractivity contribution in [2.75, 3.05) is 0 Å². The highest BCUT2D eigenvalue weighted by molar-refractivity contribution is 5.82. The van der Waals surface area contributed by atoms with E-state index in [1.54, 1.807) is 0 Å². The summed E-state index contributed by atoms with van der Waals surface area (Å²) in [5.74, 6) is 0. The lowest BCUT2D eigenvalue weighted by molar-refractivity contribution is 0.0263. The molecule has 0 saturated carbocycles. The van der Waals surface area contributed by atoms with E-state index in [9.17, 15) is 5.11 Å². The van der Waals surface area contributed by atoms with Crippen LogP contribution in [0.4, 0.5) is 0 Å². The van der Waals surface area contributed by atoms with Crippen LogP contribution in [0.1, 0.15) is 45.7 Å². The van der Waals surface area contributed by atoms with E-state index in [0.717, 1.165) is 37.0 Å². The van der Waals surface area contributed by atoms with Crippen molar-refractivity contribution in [3.05, 3.63) is 30.0 Å². The molecule has 0 bridgehead atoms. The highest BCUT2D eigenvalue weighted by atomic mass is 16.3. The Morgan fingerprint density at radius 3 is 2.58 bits per heavy atom. The van der Waals surface area contributed by atoms with Crippen molar-refractivity contribution in [1.82, 2.24) is 9.78 Å². The van der Waals surface area contributed by atoms with Gasteiger partial charge >= 0.3 is 0 Å². The summed E-state index contributed by atoms with van der Waals surface area (Å²) in [5.41, 5.74) is 1.56. The molecule has 0 aliphatic rings. The second kappa shape index (κ2) is 5.74. The summed E-state index contributed by atoms with van der Waals surface area (Å²) in [7, 11) is 0. The summed E-state index contributed by atoms with van der Waals surface area (Å²) in [6.07, 6.45) is 3.24. The minimum atomic E-state index is -0.621. The van der Waals surface area contributed by atoms with E-state index in [2.05, 4.69) is 38.0 Å². The zero-order chi connectivity index (χ0) is 13.9. The zero-order valence-corrected chi connectivity index (χ0v) is 12.2. The molecule has 1 aromatic carbocycles. The molecule has 1 atom stereocenters. The number of hydrogen-bond acceptors (Lipinski definition) is 2. The van der Waals surface area contributed by atoms with Gasteiger partial charge in [0.1, 0.15) is 0 Å². The third-order valence-corrected chi connectivity index (χ3v) is 3.90. The number of rotatable bonds is 6. The van der Waals surface area contributed by atoms with Gasteiger partial charge in [0, 0.05) is 18.4 Å². The van der Waals surface area contributed by atoms with Crippen LogP contribution in [0.2, 0.25) is 0 Å². The summed E-state index contributed by atoms with van der Waals surface area (Å²) in [6.45, 7) is 7.12. The van der Waals surface area contributed by atoms with Gasteiger partial charge in [-0.2, -0.15) is 5.10 Å². The Morgan fingerprint density at radius 2 is 1.95 bits per heavy atom. The molecular weight excluding hydrogens is 236 g/mol. The second-order valence-corrected chi connectivity index (χ2v) is 5.28. The molecule has 1 unspecified atom stereocenters. The summed E-state index contributed by atoms with van der Waals surface area (Å²) in [5, 5.41) is 16.5. The van der Waals surface area contributed by atoms with E-state index >= 15 is 0 Å². The fourth-order valence-corrected chi connectivity index (χ4v) is 2.74. The van der Waals surface area contributed by atoms with Gasteiger partial charge in [0.2, 0.25) is 0 Å². The number of aryl methyl sites for hydroxylation is 1. The quantitative estimate of drug-likeness (QED) is 0.862. The molecule has 0 aliphatic carbocycles. The maximum atomic E-state index is 10.7. The maximum absolute atomic E-state index is 10.7. The molecule has 0 saturated heterocycles. The predicted molar refractivity (Wildman–Crippen MR) is 79.3 cm³/mol. The molecular formula is C16H24N2O. The molecule has 1 aromatic heterocycles. The first-order chi connectivity index (χ1) is 9.13. The van der Waals surface area contributed by atoms with Gasteiger partial charge in [0.25, 0.3) is 0 Å². The third-order valence-electron chi connectivity index (χ3n) is 3.90. The van der Waals surface area contributed by atoms with Gasteiger partial charge in [-0.05, 0) is 25.8 Å². The Hall–Kier alpha value is -1.35. The lowest BCUT2D eigenvalue weighted by atomic mass is 9.89. The fourth-order valence-electron chi connectivity index (χ4n) is 2.74. The summed E-state index contributed by atoms with van der Waals surface area (Å²) < 4.78 is 2.02. The van der Waals surface area contributed by atoms with Gasteiger partial charge in [-0.25, -0.2) is 0 Å². The van der Waals surface area contributed by atoms with Crippen LogP contribution in [0.25, 0.3) is 10.9 Å². The topological polar surface area (TPSA) is 38.1 Å². The van der Waals surface area contributed by atoms with E-state index in [1.807, 2.05) is 16.8 Å². The first-order valence-electron chi connectivity index (χ1n) is 7.30. The van der Waals surface area contributed by atoms with Crippen LogP contribution in [0.3, 0.4) is 0 Å². The standard InChI is InChI=1S/C16H24N2O/c1-4-11-16(19,5-2)12-14-13-9-7-8-10-15(13)18(6-3)17-14/h7-10,19H,4-6,11-12H2,1-3H3. The van der Waals surface area contributed by atoms with Crippen molar-refractivity contribution in [2.45, 2.75) is 58.6 Å². The Bertz CT molecular complexity index is 547. The molecule has 19 heavy (non-hydrogen) atoms. The van der Waals surface area contributed by atoms with E-state index in [0.29, 0.717) is 6.42 Å². The van der Waals surface area contributed by atoms with Crippen LogP contribution in [-0.4, -0.2) is 20.5 Å². The van der Waals surface area contributed by atoms with E-state index in [-0.39, 0.29) is 0 Å². The fraction of sp³-hybridized carbons (Fsp3) is 0.562. The first kappa shape index (κ1) is 14.1. The average Bonchev–Trinajstić information content (AvgIpc) is 2.77. The minimum absolute atomic E-state index is 0.621. The van der Waals surface area contributed by atoms with Crippen LogP contribution in [-0.2, 0) is 13.0 Å². The van der Waals surface area contributed by atoms with Crippen molar-refractivity contribution in [3.8, 4) is 0 Å². The number of fused-ring (bicyclic) bond motifs is 1. The van der Waals surface area contributed by atoms with Gasteiger partial charge in [0.05, 0.1) is 16.8 Å². The van der Waals surface area contributed by atoms with Crippen LogP contribution in [0.15, 0.2) is 24.3 Å². The SMILES string of the molecule is CCCC(O)(CC)Cc1nn(CC)c2ccccc12. The van der Waals surface area contributed by atoms with Gasteiger partial charge in [-0.1, -0.05) is 38.5 Å². The van der Waals surface area contributed by atoms with Crippen molar-refractivity contribution < 1.29 is 5.11 Å². The Balaban J connectivity index is 2.40. The van der Waals surface area contributed by atoms with Crippen molar-refractivity contribution in [2.24, 2.45) is 0 Å². The first-order valence-corrected chi connectivity index (χ1v) is 7.30. The number of aliphatic hydroxyl groups is 1. The van der Waals surface area contributed by atoms with Gasteiger partial charge in [-0.3, -0.25) is 4.68 Å². The Labute approximate surface area is 115 Å². The number of benzene rings is 1. The van der Waals surface area contributed by atoms with Gasteiger partial charge in [0.15, 0.2) is 0 Å². The Morgan fingerprint density at radius 1 is 1.21 bits per heavy atom. The second-order valence-electron chi connectivity index (χ2n) is 5.28. The molecule has 0 fully saturated rings. The molecule has 104 valence electrons. The summed E-state index contributed by atoms with van der Waals surface area (Å²) in [4.78, 5) is 0. The molecule has 0 aliphatic heterocycles. The Kier molecular flexibility index (Phi) is 4.25. The molecule has 0 amide bonds. The normalized spacial score (nSPS) is 14.7. The van der Waals surface area contributed by atoms with E-state index in [1.165, 1.54) is 5.39 Å². The lowest BCUT2D eigenvalue weighted by Crippen LogP contribution is -2.30. The third kappa shape index (κ3) is 2.81.